The van der Waals surface area contributed by atoms with Gasteiger partial charge in [-0.2, -0.15) is 0 Å². The molecule has 0 heterocycles. The Morgan fingerprint density at radius 1 is 1.00 bits per heavy atom. The smallest absolute Gasteiger partial charge is 0.0596 e. The minimum absolute atomic E-state index is 0.00961. The van der Waals surface area contributed by atoms with Gasteiger partial charge in [0.2, 0.25) is 0 Å². The second kappa shape index (κ2) is 8.13. The van der Waals surface area contributed by atoms with E-state index in [9.17, 15) is 5.11 Å². The fraction of sp³-hybridized carbons (Fsp3) is 1.00. The third kappa shape index (κ3) is 5.42. The lowest BCUT2D eigenvalue weighted by Crippen LogP contribution is -2.21. The maximum atomic E-state index is 10.3. The first-order chi connectivity index (χ1) is 8.15. The first-order valence-electron chi connectivity index (χ1n) is 7.83. The second-order valence-electron chi connectivity index (χ2n) is 6.41. The molecule has 1 aliphatic carbocycles. The largest absolute Gasteiger partial charge is 0.393 e. The maximum Gasteiger partial charge on any atom is 0.0596 e. The Bertz CT molecular complexity index is 188. The third-order valence-electron chi connectivity index (χ3n) is 4.42. The molecule has 102 valence electrons. The van der Waals surface area contributed by atoms with Crippen molar-refractivity contribution in [3.05, 3.63) is 0 Å². The van der Waals surface area contributed by atoms with E-state index >= 15 is 0 Å². The van der Waals surface area contributed by atoms with Gasteiger partial charge in [0.05, 0.1) is 6.10 Å². The van der Waals surface area contributed by atoms with Crippen molar-refractivity contribution in [3.63, 3.8) is 0 Å². The van der Waals surface area contributed by atoms with Crippen LogP contribution in [-0.2, 0) is 0 Å². The van der Waals surface area contributed by atoms with E-state index in [4.69, 9.17) is 0 Å². The van der Waals surface area contributed by atoms with Crippen molar-refractivity contribution in [1.82, 2.24) is 0 Å². The first-order valence-corrected chi connectivity index (χ1v) is 7.83. The zero-order valence-corrected chi connectivity index (χ0v) is 12.1. The van der Waals surface area contributed by atoms with E-state index in [-0.39, 0.29) is 6.10 Å². The van der Waals surface area contributed by atoms with Gasteiger partial charge in [-0.05, 0) is 43.4 Å². The molecule has 1 rings (SSSR count). The van der Waals surface area contributed by atoms with Crippen molar-refractivity contribution in [3.8, 4) is 0 Å². The standard InChI is InChI=1S/C16H32O/c1-4-5-6-7-8-14-11-12-15(16(14)17)10-9-13(2)3/h13-17H,4-12H2,1-3H3. The van der Waals surface area contributed by atoms with Crippen LogP contribution in [-0.4, -0.2) is 11.2 Å². The van der Waals surface area contributed by atoms with Gasteiger partial charge in [0.1, 0.15) is 0 Å². The summed E-state index contributed by atoms with van der Waals surface area (Å²) in [4.78, 5) is 0. The molecule has 3 atom stereocenters. The van der Waals surface area contributed by atoms with Crippen LogP contribution in [0.2, 0.25) is 0 Å². The van der Waals surface area contributed by atoms with Gasteiger partial charge in [-0.15, -0.1) is 0 Å². The summed E-state index contributed by atoms with van der Waals surface area (Å²) in [7, 11) is 0. The highest BCUT2D eigenvalue weighted by Gasteiger charge is 2.33. The number of hydrogen-bond acceptors (Lipinski definition) is 1. The summed E-state index contributed by atoms with van der Waals surface area (Å²) < 4.78 is 0. The van der Waals surface area contributed by atoms with Crippen LogP contribution in [0.15, 0.2) is 0 Å². The van der Waals surface area contributed by atoms with Gasteiger partial charge in [-0.25, -0.2) is 0 Å². The van der Waals surface area contributed by atoms with Gasteiger partial charge >= 0.3 is 0 Å². The lowest BCUT2D eigenvalue weighted by Gasteiger charge is -2.20. The fourth-order valence-corrected chi connectivity index (χ4v) is 3.17. The van der Waals surface area contributed by atoms with E-state index < -0.39 is 0 Å². The Morgan fingerprint density at radius 3 is 2.24 bits per heavy atom. The van der Waals surface area contributed by atoms with E-state index in [0.717, 1.165) is 5.92 Å². The topological polar surface area (TPSA) is 20.2 Å². The summed E-state index contributed by atoms with van der Waals surface area (Å²) in [6, 6.07) is 0. The van der Waals surface area contributed by atoms with E-state index in [1.165, 1.54) is 57.8 Å². The summed E-state index contributed by atoms with van der Waals surface area (Å²) in [5.41, 5.74) is 0. The van der Waals surface area contributed by atoms with Crippen LogP contribution >= 0.6 is 0 Å². The molecule has 1 aliphatic rings. The molecule has 0 radical (unpaired) electrons. The zero-order valence-electron chi connectivity index (χ0n) is 12.1. The molecule has 0 aromatic heterocycles. The first kappa shape index (κ1) is 15.0. The lowest BCUT2D eigenvalue weighted by molar-refractivity contribution is 0.0803. The van der Waals surface area contributed by atoms with Gasteiger partial charge in [0.25, 0.3) is 0 Å². The van der Waals surface area contributed by atoms with Crippen molar-refractivity contribution in [1.29, 1.82) is 0 Å². The SMILES string of the molecule is CCCCCCC1CCC(CCC(C)C)C1O. The molecule has 1 fully saturated rings. The van der Waals surface area contributed by atoms with Gasteiger partial charge in [0.15, 0.2) is 0 Å². The third-order valence-corrected chi connectivity index (χ3v) is 4.42. The van der Waals surface area contributed by atoms with Crippen LogP contribution in [0.4, 0.5) is 0 Å². The number of hydrogen-bond donors (Lipinski definition) is 1. The molecule has 0 aliphatic heterocycles. The quantitative estimate of drug-likeness (QED) is 0.605. The Morgan fingerprint density at radius 2 is 1.65 bits per heavy atom. The highest BCUT2D eigenvalue weighted by atomic mass is 16.3. The summed E-state index contributed by atoms with van der Waals surface area (Å²) in [6.07, 6.45) is 11.7. The van der Waals surface area contributed by atoms with Crippen molar-refractivity contribution in [2.24, 2.45) is 17.8 Å². The Kier molecular flexibility index (Phi) is 7.18. The molecule has 1 nitrogen and oxygen atoms in total. The molecule has 0 aromatic carbocycles. The average molecular weight is 240 g/mol. The second-order valence-corrected chi connectivity index (χ2v) is 6.41. The minimum Gasteiger partial charge on any atom is -0.393 e. The number of aliphatic hydroxyl groups excluding tert-OH is 1. The molecule has 0 amide bonds. The minimum atomic E-state index is 0.00961. The normalized spacial score (nSPS) is 29.1. The molecule has 17 heavy (non-hydrogen) atoms. The van der Waals surface area contributed by atoms with E-state index in [1.807, 2.05) is 0 Å². The molecule has 0 bridgehead atoms. The van der Waals surface area contributed by atoms with Crippen LogP contribution in [0, 0.1) is 17.8 Å². The monoisotopic (exact) mass is 240 g/mol. The molecule has 0 aromatic rings. The van der Waals surface area contributed by atoms with Crippen LogP contribution in [0.3, 0.4) is 0 Å². The summed E-state index contributed by atoms with van der Waals surface area (Å²) in [5, 5.41) is 10.3. The molecular weight excluding hydrogens is 208 g/mol. The van der Waals surface area contributed by atoms with Gasteiger partial charge in [-0.1, -0.05) is 52.9 Å². The van der Waals surface area contributed by atoms with Crippen molar-refractivity contribution >= 4 is 0 Å². The number of rotatable bonds is 8. The van der Waals surface area contributed by atoms with E-state index in [0.29, 0.717) is 11.8 Å². The van der Waals surface area contributed by atoms with Crippen LogP contribution in [0.25, 0.3) is 0 Å². The molecule has 1 heteroatoms. The molecule has 1 N–H and O–H groups in total. The predicted molar refractivity (Wildman–Crippen MR) is 75.1 cm³/mol. The molecule has 0 saturated heterocycles. The lowest BCUT2D eigenvalue weighted by atomic mass is 9.91. The predicted octanol–water partition coefficient (Wildman–Crippen LogP) is 4.78. The average Bonchev–Trinajstić information content (AvgIpc) is 2.63. The zero-order chi connectivity index (χ0) is 12.7. The van der Waals surface area contributed by atoms with Crippen molar-refractivity contribution < 1.29 is 5.11 Å². The molecular formula is C16H32O. The van der Waals surface area contributed by atoms with Gasteiger partial charge < -0.3 is 5.11 Å². The van der Waals surface area contributed by atoms with Crippen LogP contribution < -0.4 is 0 Å². The van der Waals surface area contributed by atoms with Gasteiger partial charge in [0, 0.05) is 0 Å². The van der Waals surface area contributed by atoms with Crippen LogP contribution in [0.5, 0.6) is 0 Å². The highest BCUT2D eigenvalue weighted by Crippen LogP contribution is 2.37. The summed E-state index contributed by atoms with van der Waals surface area (Å²) >= 11 is 0. The van der Waals surface area contributed by atoms with E-state index in [2.05, 4.69) is 20.8 Å². The van der Waals surface area contributed by atoms with Gasteiger partial charge in [-0.3, -0.25) is 0 Å². The number of unbranched alkanes of at least 4 members (excludes halogenated alkanes) is 3. The number of aliphatic hydroxyl groups is 1. The summed E-state index contributed by atoms with van der Waals surface area (Å²) in [5.74, 6) is 2.00. The molecule has 3 unspecified atom stereocenters. The molecule has 1 saturated carbocycles. The van der Waals surface area contributed by atoms with E-state index in [1.54, 1.807) is 0 Å². The van der Waals surface area contributed by atoms with Crippen molar-refractivity contribution in [2.75, 3.05) is 0 Å². The molecule has 0 spiro atoms. The Labute approximate surface area is 108 Å². The van der Waals surface area contributed by atoms with Crippen molar-refractivity contribution in [2.45, 2.75) is 84.7 Å². The highest BCUT2D eigenvalue weighted by molar-refractivity contribution is 4.84. The fourth-order valence-electron chi connectivity index (χ4n) is 3.17. The van der Waals surface area contributed by atoms with Crippen LogP contribution in [0.1, 0.15) is 78.6 Å². The Balaban J connectivity index is 2.17. The Hall–Kier alpha value is -0.0400. The summed E-state index contributed by atoms with van der Waals surface area (Å²) in [6.45, 7) is 6.82. The maximum absolute atomic E-state index is 10.3.